The molecule has 2 N–H and O–H groups in total. The van der Waals surface area contributed by atoms with Gasteiger partial charge in [0.2, 0.25) is 5.91 Å². The van der Waals surface area contributed by atoms with Gasteiger partial charge in [-0.1, -0.05) is 11.6 Å². The third-order valence-corrected chi connectivity index (χ3v) is 4.73. The average molecular weight is 470 g/mol. The van der Waals surface area contributed by atoms with E-state index in [1.54, 1.807) is 49.6 Å². The van der Waals surface area contributed by atoms with Crippen LogP contribution in [-0.2, 0) is 19.1 Å². The lowest BCUT2D eigenvalue weighted by molar-refractivity contribution is -0.147. The first-order valence-corrected chi connectivity index (χ1v) is 9.39. The molecule has 0 aromatic heterocycles. The van der Waals surface area contributed by atoms with Crippen LogP contribution < -0.4 is 15.4 Å². The van der Waals surface area contributed by atoms with Crippen molar-refractivity contribution in [1.29, 1.82) is 0 Å². The van der Waals surface area contributed by atoms with Crippen molar-refractivity contribution in [2.24, 2.45) is 0 Å². The maximum Gasteiger partial charge on any atom is 0.306 e. The molecule has 7 nitrogen and oxygen atoms in total. The quantitative estimate of drug-likeness (QED) is 0.570. The first-order chi connectivity index (χ1) is 13.4. The van der Waals surface area contributed by atoms with Gasteiger partial charge in [0.25, 0.3) is 5.91 Å². The monoisotopic (exact) mass is 468 g/mol. The molecule has 0 spiro atoms. The highest BCUT2D eigenvalue weighted by Gasteiger charge is 2.11. The number of anilines is 2. The van der Waals surface area contributed by atoms with Crippen LogP contribution in [0.4, 0.5) is 11.4 Å². The summed E-state index contributed by atoms with van der Waals surface area (Å²) in [5.74, 6) is -0.815. The van der Waals surface area contributed by atoms with Crippen molar-refractivity contribution in [1.82, 2.24) is 0 Å². The summed E-state index contributed by atoms with van der Waals surface area (Å²) in [7, 11) is 1.55. The first-order valence-electron chi connectivity index (χ1n) is 8.22. The number of benzene rings is 2. The number of carbonyl (C=O) groups is 3. The Labute approximate surface area is 175 Å². The number of esters is 1. The Morgan fingerprint density at radius 2 is 1.61 bits per heavy atom. The van der Waals surface area contributed by atoms with Gasteiger partial charge in [0.05, 0.1) is 18.6 Å². The number of nitrogens with one attached hydrogen (secondary N) is 2. The third kappa shape index (κ3) is 7.21. The van der Waals surface area contributed by atoms with Crippen LogP contribution in [0.2, 0.25) is 5.02 Å². The van der Waals surface area contributed by atoms with Crippen molar-refractivity contribution in [3.63, 3.8) is 0 Å². The Morgan fingerprint density at radius 1 is 0.964 bits per heavy atom. The molecule has 28 heavy (non-hydrogen) atoms. The van der Waals surface area contributed by atoms with E-state index < -0.39 is 18.5 Å². The molecule has 2 rings (SSSR count). The van der Waals surface area contributed by atoms with E-state index in [-0.39, 0.29) is 18.7 Å². The summed E-state index contributed by atoms with van der Waals surface area (Å²) in [5.41, 5.74) is 1.07. The largest absolute Gasteiger partial charge is 0.497 e. The molecule has 0 saturated carbocycles. The van der Waals surface area contributed by atoms with Crippen LogP contribution in [0.25, 0.3) is 0 Å². The van der Waals surface area contributed by atoms with E-state index in [0.29, 0.717) is 26.6 Å². The van der Waals surface area contributed by atoms with Crippen LogP contribution in [0, 0.1) is 0 Å². The first kappa shape index (κ1) is 21.7. The minimum atomic E-state index is -0.645. The maximum absolute atomic E-state index is 11.9. The number of hydrogen-bond acceptors (Lipinski definition) is 5. The van der Waals surface area contributed by atoms with Gasteiger partial charge in [-0.25, -0.2) is 0 Å². The zero-order chi connectivity index (χ0) is 20.5. The minimum Gasteiger partial charge on any atom is -0.497 e. The Morgan fingerprint density at radius 3 is 2.25 bits per heavy atom. The van der Waals surface area contributed by atoms with E-state index in [1.165, 1.54) is 0 Å². The molecule has 0 unspecified atom stereocenters. The Balaban J connectivity index is 1.69. The van der Waals surface area contributed by atoms with Crippen LogP contribution in [-0.4, -0.2) is 31.5 Å². The highest BCUT2D eigenvalue weighted by molar-refractivity contribution is 9.10. The van der Waals surface area contributed by atoms with Gasteiger partial charge in [-0.3, -0.25) is 14.4 Å². The van der Waals surface area contributed by atoms with Crippen LogP contribution >= 0.6 is 27.5 Å². The molecule has 2 aromatic rings. The molecule has 0 saturated heterocycles. The second-order valence-electron chi connectivity index (χ2n) is 5.61. The van der Waals surface area contributed by atoms with Gasteiger partial charge in [0.1, 0.15) is 5.75 Å². The number of ether oxygens (including phenoxy) is 2. The number of halogens is 2. The smallest absolute Gasteiger partial charge is 0.306 e. The van der Waals surface area contributed by atoms with Gasteiger partial charge in [-0.05, 0) is 58.4 Å². The van der Waals surface area contributed by atoms with Crippen molar-refractivity contribution in [2.75, 3.05) is 24.4 Å². The zero-order valence-corrected chi connectivity index (χ0v) is 17.3. The summed E-state index contributed by atoms with van der Waals surface area (Å²) >= 11 is 9.19. The second-order valence-corrected chi connectivity index (χ2v) is 6.88. The molecule has 0 aliphatic heterocycles. The number of hydrogen-bond donors (Lipinski definition) is 2. The normalized spacial score (nSPS) is 10.1. The van der Waals surface area contributed by atoms with E-state index in [1.807, 2.05) is 0 Å². The highest BCUT2D eigenvalue weighted by Crippen LogP contribution is 2.25. The van der Waals surface area contributed by atoms with E-state index in [4.69, 9.17) is 21.1 Å². The number of rotatable bonds is 8. The van der Waals surface area contributed by atoms with Crippen LogP contribution in [0.15, 0.2) is 46.9 Å². The Kier molecular flexibility index (Phi) is 8.28. The minimum absolute atomic E-state index is 0.0607. The predicted molar refractivity (Wildman–Crippen MR) is 110 cm³/mol. The fraction of sp³-hybridized carbons (Fsp3) is 0.211. The van der Waals surface area contributed by atoms with E-state index in [0.717, 1.165) is 0 Å². The molecule has 0 atom stereocenters. The second kappa shape index (κ2) is 10.7. The SMILES string of the molecule is COc1ccc(NC(=O)CCC(=O)OCC(=O)Nc2ccc(Br)c(Cl)c2)cc1. The summed E-state index contributed by atoms with van der Waals surface area (Å²) in [6, 6.07) is 11.7. The van der Waals surface area contributed by atoms with Crippen LogP contribution in [0.3, 0.4) is 0 Å². The standard InChI is InChI=1S/C19H18BrClN2O5/c1-27-14-5-2-12(3-6-14)22-17(24)8-9-19(26)28-11-18(25)23-13-4-7-15(20)16(21)10-13/h2-7,10H,8-9,11H2,1H3,(H,22,24)(H,23,25). The molecule has 0 aliphatic carbocycles. The molecule has 0 radical (unpaired) electrons. The Bertz CT molecular complexity index is 858. The summed E-state index contributed by atoms with van der Waals surface area (Å²) in [6.45, 7) is -0.452. The molecule has 0 bridgehead atoms. The van der Waals surface area contributed by atoms with Gasteiger partial charge < -0.3 is 20.1 Å². The molecular weight excluding hydrogens is 452 g/mol. The molecule has 2 aromatic carbocycles. The average Bonchev–Trinajstić information content (AvgIpc) is 2.68. The molecule has 9 heteroatoms. The number of amides is 2. The summed E-state index contributed by atoms with van der Waals surface area (Å²) in [5, 5.41) is 5.66. The van der Waals surface area contributed by atoms with Gasteiger partial charge >= 0.3 is 5.97 Å². The predicted octanol–water partition coefficient (Wildman–Crippen LogP) is 4.01. The van der Waals surface area contributed by atoms with Crippen LogP contribution in [0.5, 0.6) is 5.75 Å². The van der Waals surface area contributed by atoms with E-state index in [2.05, 4.69) is 26.6 Å². The van der Waals surface area contributed by atoms with Gasteiger partial charge in [0.15, 0.2) is 6.61 Å². The molecule has 0 fully saturated rings. The van der Waals surface area contributed by atoms with Crippen molar-refractivity contribution in [2.45, 2.75) is 12.8 Å². The lowest BCUT2D eigenvalue weighted by atomic mass is 10.2. The van der Waals surface area contributed by atoms with Crippen molar-refractivity contribution in [3.05, 3.63) is 52.0 Å². The number of carbonyl (C=O) groups excluding carboxylic acids is 3. The van der Waals surface area contributed by atoms with E-state index in [9.17, 15) is 14.4 Å². The molecular formula is C19H18BrClN2O5. The van der Waals surface area contributed by atoms with E-state index >= 15 is 0 Å². The molecule has 148 valence electrons. The maximum atomic E-state index is 11.9. The molecule has 0 heterocycles. The zero-order valence-electron chi connectivity index (χ0n) is 15.0. The van der Waals surface area contributed by atoms with Crippen molar-refractivity contribution >= 4 is 56.7 Å². The fourth-order valence-electron chi connectivity index (χ4n) is 2.10. The Hall–Kier alpha value is -2.58. The summed E-state index contributed by atoms with van der Waals surface area (Å²) in [6.07, 6.45) is -0.200. The van der Waals surface area contributed by atoms with Crippen molar-refractivity contribution < 1.29 is 23.9 Å². The molecule has 0 aliphatic rings. The van der Waals surface area contributed by atoms with Crippen molar-refractivity contribution in [3.8, 4) is 5.75 Å². The van der Waals surface area contributed by atoms with Gasteiger partial charge in [-0.2, -0.15) is 0 Å². The topological polar surface area (TPSA) is 93.7 Å². The summed E-state index contributed by atoms with van der Waals surface area (Å²) in [4.78, 5) is 35.4. The molecule has 2 amide bonds. The van der Waals surface area contributed by atoms with Gasteiger partial charge in [0, 0.05) is 22.3 Å². The lowest BCUT2D eigenvalue weighted by Gasteiger charge is -2.08. The third-order valence-electron chi connectivity index (χ3n) is 3.50. The lowest BCUT2D eigenvalue weighted by Crippen LogP contribution is -2.21. The van der Waals surface area contributed by atoms with Gasteiger partial charge in [-0.15, -0.1) is 0 Å². The fourth-order valence-corrected chi connectivity index (χ4v) is 2.53. The van der Waals surface area contributed by atoms with Crippen LogP contribution in [0.1, 0.15) is 12.8 Å². The number of methoxy groups -OCH3 is 1. The summed E-state index contributed by atoms with van der Waals surface area (Å²) < 4.78 is 10.6. The highest BCUT2D eigenvalue weighted by atomic mass is 79.9.